The Bertz CT molecular complexity index is 1230. The van der Waals surface area contributed by atoms with E-state index in [1.807, 2.05) is 25.1 Å². The number of amides is 1. The summed E-state index contributed by atoms with van der Waals surface area (Å²) in [5, 5.41) is 18.3. The van der Waals surface area contributed by atoms with Crippen LogP contribution in [0.1, 0.15) is 48.3 Å². The minimum absolute atomic E-state index is 0.275. The Kier molecular flexibility index (Phi) is 6.94. The van der Waals surface area contributed by atoms with Crippen LogP contribution in [0.3, 0.4) is 0 Å². The smallest absolute Gasteiger partial charge is 0.254 e. The topological polar surface area (TPSA) is 149 Å². The maximum Gasteiger partial charge on any atom is 0.254 e. The van der Waals surface area contributed by atoms with Crippen LogP contribution in [0, 0.1) is 12.8 Å². The molecule has 190 valence electrons. The molecular weight excluding hydrogens is 460 g/mol. The van der Waals surface area contributed by atoms with E-state index in [2.05, 4.69) is 41.0 Å². The third-order valence-corrected chi connectivity index (χ3v) is 7.10. The van der Waals surface area contributed by atoms with Crippen LogP contribution >= 0.6 is 0 Å². The SMILES string of the molecule is COc1ccc(Nc2ncc(C(N)=O)c(NCC3CCCN4CCCCC34)n2)cc1-n1nnnc1C. The highest BCUT2D eigenvalue weighted by Crippen LogP contribution is 2.32. The number of ether oxygens (including phenoxy) is 1. The second-order valence-electron chi connectivity index (χ2n) is 9.35. The number of rotatable bonds is 8. The summed E-state index contributed by atoms with van der Waals surface area (Å²) >= 11 is 0. The molecule has 2 aromatic heterocycles. The van der Waals surface area contributed by atoms with Gasteiger partial charge in [0.2, 0.25) is 5.95 Å². The number of piperidine rings is 2. The predicted octanol–water partition coefficient (Wildman–Crippen LogP) is 2.29. The first-order valence-corrected chi connectivity index (χ1v) is 12.4. The fourth-order valence-electron chi connectivity index (χ4n) is 5.32. The van der Waals surface area contributed by atoms with Crippen LogP contribution in [-0.2, 0) is 0 Å². The third kappa shape index (κ3) is 4.94. The van der Waals surface area contributed by atoms with Crippen LogP contribution in [0.2, 0.25) is 0 Å². The maximum atomic E-state index is 12.1. The number of aryl methyl sites for hydroxylation is 1. The number of nitrogens with zero attached hydrogens (tertiary/aromatic N) is 7. The van der Waals surface area contributed by atoms with Crippen molar-refractivity contribution in [2.45, 2.75) is 45.1 Å². The van der Waals surface area contributed by atoms with Gasteiger partial charge in [-0.1, -0.05) is 6.42 Å². The number of carbonyl (C=O) groups excluding carboxylic acids is 1. The van der Waals surface area contributed by atoms with Gasteiger partial charge in [-0.25, -0.2) is 4.98 Å². The van der Waals surface area contributed by atoms with Crippen molar-refractivity contribution < 1.29 is 9.53 Å². The number of fused-ring (bicyclic) bond motifs is 1. The number of primary amides is 1. The monoisotopic (exact) mass is 492 g/mol. The molecule has 0 aliphatic carbocycles. The lowest BCUT2D eigenvalue weighted by Crippen LogP contribution is -2.49. The van der Waals surface area contributed by atoms with Crippen LogP contribution in [0.5, 0.6) is 5.75 Å². The van der Waals surface area contributed by atoms with Gasteiger partial charge in [0.05, 0.1) is 12.7 Å². The molecule has 5 rings (SSSR count). The fourth-order valence-corrected chi connectivity index (χ4v) is 5.32. The average molecular weight is 493 g/mol. The van der Waals surface area contributed by atoms with Crippen LogP contribution < -0.4 is 21.1 Å². The number of carbonyl (C=O) groups is 1. The molecule has 0 bridgehead atoms. The molecule has 2 unspecified atom stereocenters. The highest BCUT2D eigenvalue weighted by atomic mass is 16.5. The molecule has 2 aliphatic rings. The zero-order chi connectivity index (χ0) is 25.1. The van der Waals surface area contributed by atoms with Crippen LogP contribution in [0.15, 0.2) is 24.4 Å². The summed E-state index contributed by atoms with van der Waals surface area (Å²) in [4.78, 5) is 23.6. The Hall–Kier alpha value is -3.80. The average Bonchev–Trinajstić information content (AvgIpc) is 3.33. The molecule has 2 aliphatic heterocycles. The van der Waals surface area contributed by atoms with Gasteiger partial charge in [-0.3, -0.25) is 4.79 Å². The number of tetrazole rings is 1. The molecular formula is C24H32N10O2. The van der Waals surface area contributed by atoms with Gasteiger partial charge in [-0.2, -0.15) is 9.67 Å². The largest absolute Gasteiger partial charge is 0.494 e. The lowest BCUT2D eigenvalue weighted by Gasteiger charge is -2.44. The highest BCUT2D eigenvalue weighted by molar-refractivity contribution is 5.97. The van der Waals surface area contributed by atoms with Crippen molar-refractivity contribution in [2.75, 3.05) is 37.4 Å². The van der Waals surface area contributed by atoms with E-state index in [-0.39, 0.29) is 5.56 Å². The molecule has 2 atom stereocenters. The van der Waals surface area contributed by atoms with Crippen molar-refractivity contribution in [3.8, 4) is 11.4 Å². The summed E-state index contributed by atoms with van der Waals surface area (Å²) in [5.74, 6) is 1.97. The normalized spacial score (nSPS) is 19.9. The molecule has 4 heterocycles. The summed E-state index contributed by atoms with van der Waals surface area (Å²) in [6, 6.07) is 6.10. The van der Waals surface area contributed by atoms with Gasteiger partial charge in [0.15, 0.2) is 5.82 Å². The molecule has 2 saturated heterocycles. The minimum atomic E-state index is -0.562. The van der Waals surface area contributed by atoms with E-state index >= 15 is 0 Å². The predicted molar refractivity (Wildman–Crippen MR) is 135 cm³/mol. The van der Waals surface area contributed by atoms with Crippen LogP contribution in [-0.4, -0.2) is 73.8 Å². The first-order valence-electron chi connectivity index (χ1n) is 12.4. The van der Waals surface area contributed by atoms with Gasteiger partial charge in [-0.05, 0) is 80.2 Å². The van der Waals surface area contributed by atoms with Crippen molar-refractivity contribution in [3.63, 3.8) is 0 Å². The Labute approximate surface area is 209 Å². The van der Waals surface area contributed by atoms with E-state index in [0.29, 0.717) is 46.7 Å². The van der Waals surface area contributed by atoms with Crippen LogP contribution in [0.25, 0.3) is 5.69 Å². The van der Waals surface area contributed by atoms with Crippen molar-refractivity contribution in [1.82, 2.24) is 35.1 Å². The van der Waals surface area contributed by atoms with E-state index in [1.54, 1.807) is 11.8 Å². The van der Waals surface area contributed by atoms with E-state index in [1.165, 1.54) is 51.4 Å². The van der Waals surface area contributed by atoms with Crippen molar-refractivity contribution in [1.29, 1.82) is 0 Å². The lowest BCUT2D eigenvalue weighted by molar-refractivity contribution is 0.0649. The second kappa shape index (κ2) is 10.4. The fraction of sp³-hybridized carbons (Fsp3) is 0.500. The summed E-state index contributed by atoms with van der Waals surface area (Å²) < 4.78 is 7.07. The zero-order valence-electron chi connectivity index (χ0n) is 20.6. The standard InChI is InChI=1S/C24H32N10O2/c1-15-30-31-32-34(15)20-12-17(8-9-21(20)36-2)28-24-27-14-18(22(25)35)23(29-24)26-13-16-6-5-11-33-10-4-3-7-19(16)33/h8-9,12,14,16,19H,3-7,10-11,13H2,1-2H3,(H2,25,35)(H2,26,27,28,29). The molecule has 1 amide bonds. The van der Waals surface area contributed by atoms with Gasteiger partial charge in [0.25, 0.3) is 5.91 Å². The van der Waals surface area contributed by atoms with Crippen molar-refractivity contribution >= 4 is 23.4 Å². The van der Waals surface area contributed by atoms with Crippen LogP contribution in [0.4, 0.5) is 17.5 Å². The number of nitrogens with two attached hydrogens (primary N) is 1. The molecule has 2 fully saturated rings. The summed E-state index contributed by atoms with van der Waals surface area (Å²) in [6.07, 6.45) is 7.61. The van der Waals surface area contributed by atoms with Gasteiger partial charge in [-0.15, -0.1) is 5.10 Å². The first kappa shape index (κ1) is 23.9. The minimum Gasteiger partial charge on any atom is -0.494 e. The summed E-state index contributed by atoms with van der Waals surface area (Å²) in [5.41, 5.74) is 7.29. The highest BCUT2D eigenvalue weighted by Gasteiger charge is 2.33. The molecule has 4 N–H and O–H groups in total. The molecule has 0 radical (unpaired) electrons. The third-order valence-electron chi connectivity index (χ3n) is 7.10. The molecule has 0 saturated carbocycles. The molecule has 0 spiro atoms. The Morgan fingerprint density at radius 3 is 2.86 bits per heavy atom. The number of methoxy groups -OCH3 is 1. The summed E-state index contributed by atoms with van der Waals surface area (Å²) in [7, 11) is 1.59. The van der Waals surface area contributed by atoms with Gasteiger partial charge < -0.3 is 26.0 Å². The molecule has 12 heteroatoms. The van der Waals surface area contributed by atoms with Gasteiger partial charge in [0.1, 0.15) is 17.3 Å². The van der Waals surface area contributed by atoms with Crippen molar-refractivity contribution in [3.05, 3.63) is 35.8 Å². The number of hydrogen-bond acceptors (Lipinski definition) is 10. The molecule has 36 heavy (non-hydrogen) atoms. The van der Waals surface area contributed by atoms with E-state index in [0.717, 1.165) is 6.54 Å². The Morgan fingerprint density at radius 2 is 2.08 bits per heavy atom. The van der Waals surface area contributed by atoms with E-state index in [4.69, 9.17) is 10.5 Å². The van der Waals surface area contributed by atoms with E-state index < -0.39 is 5.91 Å². The number of aromatic nitrogens is 6. The number of benzene rings is 1. The lowest BCUT2D eigenvalue weighted by atomic mass is 9.83. The maximum absolute atomic E-state index is 12.1. The number of hydrogen-bond donors (Lipinski definition) is 3. The van der Waals surface area contributed by atoms with E-state index in [9.17, 15) is 4.79 Å². The summed E-state index contributed by atoms with van der Waals surface area (Å²) in [6.45, 7) is 4.91. The quantitative estimate of drug-likeness (QED) is 0.427. The molecule has 12 nitrogen and oxygen atoms in total. The first-order chi connectivity index (χ1) is 17.5. The Balaban J connectivity index is 1.36. The second-order valence-corrected chi connectivity index (χ2v) is 9.35. The number of nitrogens with one attached hydrogen (secondary N) is 2. The molecule has 1 aromatic carbocycles. The zero-order valence-corrected chi connectivity index (χ0v) is 20.6. The van der Waals surface area contributed by atoms with Gasteiger partial charge in [0, 0.05) is 24.5 Å². The molecule has 3 aromatic rings. The van der Waals surface area contributed by atoms with Crippen molar-refractivity contribution in [2.24, 2.45) is 11.7 Å². The Morgan fingerprint density at radius 1 is 1.22 bits per heavy atom. The number of anilines is 3. The van der Waals surface area contributed by atoms with Gasteiger partial charge >= 0.3 is 0 Å².